The van der Waals surface area contributed by atoms with Gasteiger partial charge < -0.3 is 24.8 Å². The summed E-state index contributed by atoms with van der Waals surface area (Å²) in [5, 5.41) is 5.08. The SMILES string of the molecule is COc1ccc(OCC(=O)NCC(=O)Nc2cccc(C(=O)OC(C)C)c2)cc1. The van der Waals surface area contributed by atoms with Gasteiger partial charge in [-0.05, 0) is 56.3 Å². The molecule has 0 aromatic heterocycles. The van der Waals surface area contributed by atoms with Crippen LogP contribution in [0.2, 0.25) is 0 Å². The smallest absolute Gasteiger partial charge is 0.338 e. The van der Waals surface area contributed by atoms with Crippen LogP contribution in [0.4, 0.5) is 5.69 Å². The molecule has 2 aromatic rings. The molecule has 2 rings (SSSR count). The maximum atomic E-state index is 12.0. The first-order chi connectivity index (χ1) is 13.9. The first-order valence-electron chi connectivity index (χ1n) is 9.02. The Morgan fingerprint density at radius 1 is 0.966 bits per heavy atom. The van der Waals surface area contributed by atoms with Gasteiger partial charge in [0.05, 0.1) is 25.3 Å². The molecule has 0 bridgehead atoms. The van der Waals surface area contributed by atoms with Crippen molar-refractivity contribution in [3.63, 3.8) is 0 Å². The highest BCUT2D eigenvalue weighted by atomic mass is 16.5. The molecule has 0 unspecified atom stereocenters. The van der Waals surface area contributed by atoms with Gasteiger partial charge >= 0.3 is 5.97 Å². The van der Waals surface area contributed by atoms with Crippen molar-refractivity contribution in [2.75, 3.05) is 25.6 Å². The van der Waals surface area contributed by atoms with E-state index in [-0.39, 0.29) is 19.3 Å². The van der Waals surface area contributed by atoms with Crippen LogP contribution >= 0.6 is 0 Å². The second-order valence-electron chi connectivity index (χ2n) is 6.32. The summed E-state index contributed by atoms with van der Waals surface area (Å²) in [5.41, 5.74) is 0.755. The Morgan fingerprint density at radius 3 is 2.31 bits per heavy atom. The van der Waals surface area contributed by atoms with Gasteiger partial charge in [-0.1, -0.05) is 6.07 Å². The van der Waals surface area contributed by atoms with Crippen LogP contribution in [0.15, 0.2) is 48.5 Å². The summed E-state index contributed by atoms with van der Waals surface area (Å²) in [5.74, 6) is -0.155. The molecule has 0 saturated heterocycles. The molecule has 0 aliphatic heterocycles. The monoisotopic (exact) mass is 400 g/mol. The van der Waals surface area contributed by atoms with Gasteiger partial charge in [-0.25, -0.2) is 4.79 Å². The molecule has 0 aliphatic rings. The average molecular weight is 400 g/mol. The number of carbonyl (C=O) groups is 3. The number of esters is 1. The minimum Gasteiger partial charge on any atom is -0.497 e. The lowest BCUT2D eigenvalue weighted by atomic mass is 10.2. The molecule has 8 nitrogen and oxygen atoms in total. The Bertz CT molecular complexity index is 849. The maximum absolute atomic E-state index is 12.0. The number of anilines is 1. The summed E-state index contributed by atoms with van der Waals surface area (Å²) in [6, 6.07) is 13.2. The molecule has 0 fully saturated rings. The Balaban J connectivity index is 1.77. The summed E-state index contributed by atoms with van der Waals surface area (Å²) in [6.45, 7) is 3.05. The van der Waals surface area contributed by atoms with Crippen LogP contribution in [0.3, 0.4) is 0 Å². The average Bonchev–Trinajstić information content (AvgIpc) is 2.70. The third-order valence-electron chi connectivity index (χ3n) is 3.60. The lowest BCUT2D eigenvalue weighted by Gasteiger charge is -2.10. The second kappa shape index (κ2) is 10.7. The number of nitrogens with one attached hydrogen (secondary N) is 2. The highest BCUT2D eigenvalue weighted by Crippen LogP contribution is 2.16. The third kappa shape index (κ3) is 7.53. The van der Waals surface area contributed by atoms with E-state index in [2.05, 4.69) is 10.6 Å². The minimum atomic E-state index is -0.472. The Morgan fingerprint density at radius 2 is 1.66 bits per heavy atom. The van der Waals surface area contributed by atoms with Gasteiger partial charge in [0.1, 0.15) is 11.5 Å². The topological polar surface area (TPSA) is 103 Å². The quantitative estimate of drug-likeness (QED) is 0.627. The van der Waals surface area contributed by atoms with Crippen LogP contribution in [-0.4, -0.2) is 44.1 Å². The number of hydrogen-bond donors (Lipinski definition) is 2. The molecule has 154 valence electrons. The van der Waals surface area contributed by atoms with Crippen LogP contribution < -0.4 is 20.1 Å². The van der Waals surface area contributed by atoms with Crippen molar-refractivity contribution in [2.24, 2.45) is 0 Å². The molecule has 2 N–H and O–H groups in total. The fourth-order valence-corrected chi connectivity index (χ4v) is 2.26. The molecule has 0 radical (unpaired) electrons. The van der Waals surface area contributed by atoms with Gasteiger partial charge in [-0.2, -0.15) is 0 Å². The number of rotatable bonds is 9. The standard InChI is InChI=1S/C21H24N2O6/c1-14(2)29-21(26)15-5-4-6-16(11-15)23-19(24)12-22-20(25)13-28-18-9-7-17(27-3)8-10-18/h4-11,14H,12-13H2,1-3H3,(H,22,25)(H,23,24). The predicted octanol–water partition coefficient (Wildman–Crippen LogP) is 2.39. The van der Waals surface area contributed by atoms with E-state index in [1.54, 1.807) is 63.4 Å². The Hall–Kier alpha value is -3.55. The summed E-state index contributed by atoms with van der Waals surface area (Å²) in [6.07, 6.45) is -0.240. The molecule has 2 amide bonds. The van der Waals surface area contributed by atoms with Gasteiger partial charge in [-0.15, -0.1) is 0 Å². The number of methoxy groups -OCH3 is 1. The summed E-state index contributed by atoms with van der Waals surface area (Å²) >= 11 is 0. The molecule has 0 saturated carbocycles. The zero-order valence-corrected chi connectivity index (χ0v) is 16.6. The maximum Gasteiger partial charge on any atom is 0.338 e. The van der Waals surface area contributed by atoms with Gasteiger partial charge in [0.15, 0.2) is 6.61 Å². The minimum absolute atomic E-state index is 0.226. The van der Waals surface area contributed by atoms with E-state index in [0.29, 0.717) is 22.7 Å². The molecule has 8 heteroatoms. The third-order valence-corrected chi connectivity index (χ3v) is 3.60. The van der Waals surface area contributed by atoms with Crippen LogP contribution in [0, 0.1) is 0 Å². The van der Waals surface area contributed by atoms with E-state index in [1.165, 1.54) is 6.07 Å². The lowest BCUT2D eigenvalue weighted by molar-refractivity contribution is -0.125. The number of hydrogen-bond acceptors (Lipinski definition) is 6. The molecule has 0 aliphatic carbocycles. The highest BCUT2D eigenvalue weighted by Gasteiger charge is 2.11. The second-order valence-corrected chi connectivity index (χ2v) is 6.32. The largest absolute Gasteiger partial charge is 0.497 e. The van der Waals surface area contributed by atoms with Crippen LogP contribution in [0.5, 0.6) is 11.5 Å². The molecule has 2 aromatic carbocycles. The van der Waals surface area contributed by atoms with Crippen molar-refractivity contribution >= 4 is 23.5 Å². The van der Waals surface area contributed by atoms with E-state index < -0.39 is 17.8 Å². The Labute approximate surface area is 169 Å². The number of ether oxygens (including phenoxy) is 3. The van der Waals surface area contributed by atoms with Gasteiger partial charge in [0.25, 0.3) is 5.91 Å². The number of amides is 2. The van der Waals surface area contributed by atoms with Crippen LogP contribution in [-0.2, 0) is 14.3 Å². The summed E-state index contributed by atoms with van der Waals surface area (Å²) in [7, 11) is 1.56. The zero-order valence-electron chi connectivity index (χ0n) is 16.6. The zero-order chi connectivity index (χ0) is 21.2. The van der Waals surface area contributed by atoms with Crippen LogP contribution in [0.1, 0.15) is 24.2 Å². The van der Waals surface area contributed by atoms with E-state index >= 15 is 0 Å². The van der Waals surface area contributed by atoms with E-state index in [9.17, 15) is 14.4 Å². The fourth-order valence-electron chi connectivity index (χ4n) is 2.26. The summed E-state index contributed by atoms with van der Waals surface area (Å²) < 4.78 is 15.5. The van der Waals surface area contributed by atoms with Gasteiger partial charge in [0, 0.05) is 5.69 Å². The molecule has 0 spiro atoms. The molecular formula is C21H24N2O6. The lowest BCUT2D eigenvalue weighted by Crippen LogP contribution is -2.35. The first-order valence-corrected chi connectivity index (χ1v) is 9.02. The van der Waals surface area contributed by atoms with Crippen LogP contribution in [0.25, 0.3) is 0 Å². The van der Waals surface area contributed by atoms with Crippen molar-refractivity contribution in [1.82, 2.24) is 5.32 Å². The van der Waals surface area contributed by atoms with Crippen molar-refractivity contribution in [3.8, 4) is 11.5 Å². The van der Waals surface area contributed by atoms with E-state index in [0.717, 1.165) is 0 Å². The predicted molar refractivity (Wildman–Crippen MR) is 107 cm³/mol. The van der Waals surface area contributed by atoms with Crippen molar-refractivity contribution in [3.05, 3.63) is 54.1 Å². The number of benzene rings is 2. The highest BCUT2D eigenvalue weighted by molar-refractivity contribution is 5.96. The van der Waals surface area contributed by atoms with Gasteiger partial charge in [0.2, 0.25) is 5.91 Å². The van der Waals surface area contributed by atoms with E-state index in [1.807, 2.05) is 0 Å². The first kappa shape index (κ1) is 21.7. The van der Waals surface area contributed by atoms with Crippen molar-refractivity contribution < 1.29 is 28.6 Å². The van der Waals surface area contributed by atoms with Crippen molar-refractivity contribution in [1.29, 1.82) is 0 Å². The van der Waals surface area contributed by atoms with Crippen molar-refractivity contribution in [2.45, 2.75) is 20.0 Å². The molecule has 0 heterocycles. The normalized spacial score (nSPS) is 10.2. The fraction of sp³-hybridized carbons (Fsp3) is 0.286. The number of carbonyl (C=O) groups excluding carboxylic acids is 3. The van der Waals surface area contributed by atoms with E-state index in [4.69, 9.17) is 14.2 Å². The molecule has 29 heavy (non-hydrogen) atoms. The summed E-state index contributed by atoms with van der Waals surface area (Å²) in [4.78, 5) is 35.8. The Kier molecular flexibility index (Phi) is 8.02. The molecule has 0 atom stereocenters. The molecular weight excluding hydrogens is 376 g/mol. The van der Waals surface area contributed by atoms with Gasteiger partial charge in [-0.3, -0.25) is 9.59 Å².